The van der Waals surface area contributed by atoms with Gasteiger partial charge in [0.25, 0.3) is 5.91 Å². The first-order valence-electron chi connectivity index (χ1n) is 7.61. The zero-order valence-corrected chi connectivity index (χ0v) is 13.0. The molecular formula is C15H23N5O2. The van der Waals surface area contributed by atoms with Crippen LogP contribution in [0.5, 0.6) is 0 Å². The van der Waals surface area contributed by atoms with Crippen LogP contribution in [0.4, 0.5) is 10.6 Å². The largest absolute Gasteiger partial charge is 0.341 e. The molecule has 0 saturated carbocycles. The first-order valence-corrected chi connectivity index (χ1v) is 7.61. The van der Waals surface area contributed by atoms with Crippen LogP contribution >= 0.6 is 0 Å². The van der Waals surface area contributed by atoms with Gasteiger partial charge in [0.1, 0.15) is 5.82 Å². The van der Waals surface area contributed by atoms with Gasteiger partial charge in [0.05, 0.1) is 6.04 Å². The van der Waals surface area contributed by atoms with Crippen LogP contribution in [0.2, 0.25) is 0 Å². The van der Waals surface area contributed by atoms with Crippen LogP contribution in [0, 0.1) is 5.92 Å². The summed E-state index contributed by atoms with van der Waals surface area (Å²) in [6.07, 6.45) is 3.16. The van der Waals surface area contributed by atoms with Crippen LogP contribution < -0.4 is 11.1 Å². The Balaban J connectivity index is 2.03. The number of carbonyl (C=O) groups is 2. The second kappa shape index (κ2) is 7.22. The van der Waals surface area contributed by atoms with Gasteiger partial charge in [-0.3, -0.25) is 10.1 Å². The average Bonchev–Trinajstić information content (AvgIpc) is 3.03. The summed E-state index contributed by atoms with van der Waals surface area (Å²) in [6, 6.07) is 4.31. The zero-order chi connectivity index (χ0) is 16.1. The van der Waals surface area contributed by atoms with Crippen LogP contribution in [0.15, 0.2) is 24.4 Å². The number of hydrogen-bond donors (Lipinski definition) is 2. The van der Waals surface area contributed by atoms with Crippen LogP contribution in [0.1, 0.15) is 26.7 Å². The van der Waals surface area contributed by atoms with Crippen molar-refractivity contribution in [2.24, 2.45) is 11.7 Å². The van der Waals surface area contributed by atoms with Gasteiger partial charge in [-0.15, -0.1) is 0 Å². The number of hydrazine groups is 1. The van der Waals surface area contributed by atoms with Gasteiger partial charge in [-0.2, -0.15) is 0 Å². The molecule has 1 fully saturated rings. The van der Waals surface area contributed by atoms with E-state index in [2.05, 4.69) is 10.3 Å². The molecule has 0 aliphatic carbocycles. The summed E-state index contributed by atoms with van der Waals surface area (Å²) in [6.45, 7) is 4.94. The molecule has 0 radical (unpaired) electrons. The minimum Gasteiger partial charge on any atom is -0.320 e. The number of aromatic nitrogens is 1. The third-order valence-electron chi connectivity index (χ3n) is 3.96. The van der Waals surface area contributed by atoms with Gasteiger partial charge in [-0.05, 0) is 24.5 Å². The Morgan fingerprint density at radius 3 is 2.73 bits per heavy atom. The summed E-state index contributed by atoms with van der Waals surface area (Å²) < 4.78 is 0. The van der Waals surface area contributed by atoms with Crippen LogP contribution in [-0.4, -0.2) is 46.1 Å². The summed E-state index contributed by atoms with van der Waals surface area (Å²) in [7, 11) is 0. The normalized spacial score (nSPS) is 17.2. The molecule has 0 aromatic carbocycles. The van der Waals surface area contributed by atoms with Crippen molar-refractivity contribution >= 4 is 17.8 Å². The lowest BCUT2D eigenvalue weighted by Gasteiger charge is -2.31. The van der Waals surface area contributed by atoms with Crippen LogP contribution in [-0.2, 0) is 4.79 Å². The Hall–Kier alpha value is -2.15. The fraction of sp³-hybridized carbons (Fsp3) is 0.533. The number of urea groups is 1. The van der Waals surface area contributed by atoms with E-state index in [4.69, 9.17) is 5.73 Å². The van der Waals surface area contributed by atoms with E-state index in [1.54, 1.807) is 24.4 Å². The van der Waals surface area contributed by atoms with Gasteiger partial charge in [0.2, 0.25) is 0 Å². The molecule has 1 unspecified atom stereocenters. The molecule has 1 aromatic rings. The summed E-state index contributed by atoms with van der Waals surface area (Å²) >= 11 is 0. The lowest BCUT2D eigenvalue weighted by molar-refractivity contribution is -0.142. The van der Waals surface area contributed by atoms with E-state index in [0.29, 0.717) is 18.9 Å². The van der Waals surface area contributed by atoms with Crippen molar-refractivity contribution in [1.29, 1.82) is 0 Å². The maximum absolute atomic E-state index is 12.5. The Morgan fingerprint density at radius 1 is 1.36 bits per heavy atom. The van der Waals surface area contributed by atoms with E-state index in [9.17, 15) is 9.59 Å². The van der Waals surface area contributed by atoms with Gasteiger partial charge >= 0.3 is 6.03 Å². The van der Waals surface area contributed by atoms with Gasteiger partial charge in [0, 0.05) is 19.3 Å². The third-order valence-corrected chi connectivity index (χ3v) is 3.96. The molecule has 7 heteroatoms. The summed E-state index contributed by atoms with van der Waals surface area (Å²) in [4.78, 5) is 28.9. The maximum Gasteiger partial charge on any atom is 0.341 e. The molecular weight excluding hydrogens is 282 g/mol. The molecule has 2 heterocycles. The summed E-state index contributed by atoms with van der Waals surface area (Å²) in [5, 5.41) is 5.56. The van der Waals surface area contributed by atoms with Gasteiger partial charge in [-0.25, -0.2) is 19.8 Å². The minimum absolute atomic E-state index is 0.0776. The monoisotopic (exact) mass is 305 g/mol. The number of hydrogen-bond acceptors (Lipinski definition) is 4. The fourth-order valence-electron chi connectivity index (χ4n) is 2.33. The lowest BCUT2D eigenvalue weighted by Crippen LogP contribution is -2.53. The SMILES string of the molecule is CCC(C)[C@H](N)C(=O)N1CCCN1C(=O)Nc1ccccn1. The highest BCUT2D eigenvalue weighted by molar-refractivity contribution is 5.91. The number of pyridine rings is 1. The smallest absolute Gasteiger partial charge is 0.320 e. The summed E-state index contributed by atoms with van der Waals surface area (Å²) in [5.41, 5.74) is 6.00. The van der Waals surface area contributed by atoms with E-state index in [-0.39, 0.29) is 17.9 Å². The summed E-state index contributed by atoms with van der Waals surface area (Å²) in [5.74, 6) is 0.329. The predicted molar refractivity (Wildman–Crippen MR) is 83.7 cm³/mol. The number of anilines is 1. The molecule has 1 saturated heterocycles. The Morgan fingerprint density at radius 2 is 2.09 bits per heavy atom. The zero-order valence-electron chi connectivity index (χ0n) is 13.0. The van der Waals surface area contributed by atoms with Crippen molar-refractivity contribution in [2.75, 3.05) is 18.4 Å². The quantitative estimate of drug-likeness (QED) is 0.880. The molecule has 3 N–H and O–H groups in total. The topological polar surface area (TPSA) is 91.6 Å². The van der Waals surface area contributed by atoms with Gasteiger partial charge in [0.15, 0.2) is 0 Å². The van der Waals surface area contributed by atoms with E-state index < -0.39 is 6.04 Å². The highest BCUT2D eigenvalue weighted by atomic mass is 16.2. The molecule has 7 nitrogen and oxygen atoms in total. The average molecular weight is 305 g/mol. The van der Waals surface area contributed by atoms with E-state index in [1.165, 1.54) is 10.0 Å². The van der Waals surface area contributed by atoms with Crippen LogP contribution in [0.25, 0.3) is 0 Å². The van der Waals surface area contributed by atoms with Crippen molar-refractivity contribution in [3.63, 3.8) is 0 Å². The number of rotatable bonds is 4. The predicted octanol–water partition coefficient (Wildman–Crippen LogP) is 1.44. The molecule has 1 aliphatic heterocycles. The molecule has 3 amide bonds. The Bertz CT molecular complexity index is 522. The Labute approximate surface area is 130 Å². The third kappa shape index (κ3) is 3.54. The molecule has 1 aliphatic rings. The number of nitrogens with two attached hydrogens (primary N) is 1. The maximum atomic E-state index is 12.5. The molecule has 2 atom stereocenters. The van der Waals surface area contributed by atoms with Crippen molar-refractivity contribution < 1.29 is 9.59 Å². The van der Waals surface area contributed by atoms with Gasteiger partial charge in [-0.1, -0.05) is 26.3 Å². The minimum atomic E-state index is -0.590. The molecule has 120 valence electrons. The molecule has 2 rings (SSSR count). The van der Waals surface area contributed by atoms with E-state index in [0.717, 1.165) is 12.8 Å². The van der Waals surface area contributed by atoms with E-state index in [1.807, 2.05) is 13.8 Å². The lowest BCUT2D eigenvalue weighted by atomic mass is 9.99. The Kier molecular flexibility index (Phi) is 5.32. The molecule has 22 heavy (non-hydrogen) atoms. The fourth-order valence-corrected chi connectivity index (χ4v) is 2.33. The number of nitrogens with zero attached hydrogens (tertiary/aromatic N) is 3. The standard InChI is InChI=1S/C15H23N5O2/c1-3-11(2)13(16)14(21)19-9-6-10-20(19)15(22)18-12-7-4-5-8-17-12/h4-5,7-8,11,13H,3,6,9-10,16H2,1-2H3,(H,17,18,22)/t11?,13-/m0/s1. The first kappa shape index (κ1) is 16.2. The van der Waals surface area contributed by atoms with Crippen molar-refractivity contribution in [2.45, 2.75) is 32.7 Å². The number of amides is 3. The second-order valence-electron chi connectivity index (χ2n) is 5.49. The van der Waals surface area contributed by atoms with E-state index >= 15 is 0 Å². The first-order chi connectivity index (χ1) is 10.5. The number of nitrogens with one attached hydrogen (secondary N) is 1. The number of carbonyl (C=O) groups excluding carboxylic acids is 2. The second-order valence-corrected chi connectivity index (χ2v) is 5.49. The van der Waals surface area contributed by atoms with Crippen molar-refractivity contribution in [3.05, 3.63) is 24.4 Å². The van der Waals surface area contributed by atoms with Crippen molar-refractivity contribution in [3.8, 4) is 0 Å². The van der Waals surface area contributed by atoms with Crippen molar-refractivity contribution in [1.82, 2.24) is 15.0 Å². The highest BCUT2D eigenvalue weighted by Crippen LogP contribution is 2.17. The molecule has 0 bridgehead atoms. The molecule has 1 aromatic heterocycles. The van der Waals surface area contributed by atoms with Gasteiger partial charge < -0.3 is 5.73 Å². The molecule has 0 spiro atoms. The van der Waals surface area contributed by atoms with Crippen LogP contribution in [0.3, 0.4) is 0 Å². The highest BCUT2D eigenvalue weighted by Gasteiger charge is 2.34.